The van der Waals surface area contributed by atoms with E-state index in [0.717, 1.165) is 64.2 Å². The number of amides is 1. The highest BCUT2D eigenvalue weighted by Gasteiger charge is 2.27. The fourth-order valence-corrected chi connectivity index (χ4v) is 5.64. The van der Waals surface area contributed by atoms with E-state index < -0.39 is 20.0 Å². The van der Waals surface area contributed by atoms with E-state index >= 15 is 0 Å². The number of carbonyl (C=O) groups excluding carboxylic acids is 1. The highest BCUT2D eigenvalue weighted by Crippen LogP contribution is 2.43. The molecule has 0 saturated heterocycles. The lowest BCUT2D eigenvalue weighted by atomic mass is 10.1. The number of unbranched alkanes of at least 4 members (excludes halogenated alkanes) is 14. The van der Waals surface area contributed by atoms with Gasteiger partial charge in [-0.1, -0.05) is 120 Å². The van der Waals surface area contributed by atoms with E-state index in [4.69, 9.17) is 9.05 Å². The topological polar surface area (TPSA) is 105 Å². The van der Waals surface area contributed by atoms with Crippen LogP contribution in [0.5, 0.6) is 0 Å². The lowest BCUT2D eigenvalue weighted by Gasteiger charge is -2.25. The first kappa shape index (κ1) is 46.5. The quantitative estimate of drug-likeness (QED) is 0.0273. The van der Waals surface area contributed by atoms with Crippen molar-refractivity contribution in [2.75, 3.05) is 40.9 Å². The molecule has 0 aromatic rings. The van der Waals surface area contributed by atoms with Crippen molar-refractivity contribution in [2.24, 2.45) is 0 Å². The summed E-state index contributed by atoms with van der Waals surface area (Å²) >= 11 is 0. The molecule has 8 nitrogen and oxygen atoms in total. The van der Waals surface area contributed by atoms with Gasteiger partial charge in [-0.3, -0.25) is 13.8 Å². The first-order chi connectivity index (χ1) is 23.0. The Morgan fingerprint density at radius 2 is 1.21 bits per heavy atom. The molecular formula is C39H74N2O6P+. The van der Waals surface area contributed by atoms with Gasteiger partial charge in [0.05, 0.1) is 39.9 Å². The number of allylic oxidation sites excluding steroid dienone is 7. The van der Waals surface area contributed by atoms with Crippen molar-refractivity contribution in [3.8, 4) is 0 Å². The zero-order chi connectivity index (χ0) is 35.8. The van der Waals surface area contributed by atoms with Gasteiger partial charge in [0.15, 0.2) is 0 Å². The average molecular weight is 698 g/mol. The molecular weight excluding hydrogens is 623 g/mol. The number of phosphoric ester groups is 1. The molecule has 9 heteroatoms. The van der Waals surface area contributed by atoms with Crippen molar-refractivity contribution in [1.29, 1.82) is 0 Å². The largest absolute Gasteiger partial charge is 0.472 e. The standard InChI is InChI=1S/C39H73N2O6P/c1-6-8-10-12-14-16-18-19-20-21-23-25-27-29-31-33-39(43)40-37(36-47-48(44,45)46-35-34-41(3,4)5)38(42)32-30-28-26-24-22-17-15-13-11-9-7-2/h14,16,19-20,22,24,30,32,37-38,42H,6-13,15,17-18,21,23,25-29,31,33-36H2,1-5H3,(H-,40,43,44,45)/p+1/b16-14+,20-19+,24-22+,32-30+/t37-,38+/m0/s1. The van der Waals surface area contributed by atoms with E-state index in [-0.39, 0.29) is 19.1 Å². The normalized spacial score (nSPS) is 15.2. The number of carbonyl (C=O) groups is 1. The Morgan fingerprint density at radius 3 is 1.83 bits per heavy atom. The molecule has 0 saturated carbocycles. The third kappa shape index (κ3) is 33.0. The number of hydrogen-bond donors (Lipinski definition) is 3. The van der Waals surface area contributed by atoms with Crippen molar-refractivity contribution < 1.29 is 32.9 Å². The smallest absolute Gasteiger partial charge is 0.387 e. The Morgan fingerprint density at radius 1 is 0.708 bits per heavy atom. The maximum absolute atomic E-state index is 12.8. The lowest BCUT2D eigenvalue weighted by Crippen LogP contribution is -2.45. The van der Waals surface area contributed by atoms with Crippen molar-refractivity contribution in [3.63, 3.8) is 0 Å². The second-order valence-electron chi connectivity index (χ2n) is 13.9. The molecule has 0 aromatic carbocycles. The van der Waals surface area contributed by atoms with Gasteiger partial charge < -0.3 is 19.8 Å². The monoisotopic (exact) mass is 698 g/mol. The van der Waals surface area contributed by atoms with E-state index in [1.54, 1.807) is 6.08 Å². The Balaban J connectivity index is 4.60. The summed E-state index contributed by atoms with van der Waals surface area (Å²) in [6.07, 6.45) is 37.5. The number of aliphatic hydroxyl groups excluding tert-OH is 1. The zero-order valence-corrected chi connectivity index (χ0v) is 32.4. The number of nitrogens with zero attached hydrogens (tertiary/aromatic N) is 1. The van der Waals surface area contributed by atoms with Crippen molar-refractivity contribution in [3.05, 3.63) is 48.6 Å². The minimum Gasteiger partial charge on any atom is -0.387 e. The summed E-state index contributed by atoms with van der Waals surface area (Å²) < 4.78 is 23.4. The molecule has 0 bridgehead atoms. The average Bonchev–Trinajstić information content (AvgIpc) is 3.02. The summed E-state index contributed by atoms with van der Waals surface area (Å²) in [4.78, 5) is 23.0. The van der Waals surface area contributed by atoms with Gasteiger partial charge >= 0.3 is 7.82 Å². The van der Waals surface area contributed by atoms with Crippen LogP contribution in [0.2, 0.25) is 0 Å². The third-order valence-electron chi connectivity index (χ3n) is 8.02. The summed E-state index contributed by atoms with van der Waals surface area (Å²) in [6, 6.07) is -0.868. The maximum Gasteiger partial charge on any atom is 0.472 e. The summed E-state index contributed by atoms with van der Waals surface area (Å²) in [5, 5.41) is 13.7. The van der Waals surface area contributed by atoms with Gasteiger partial charge in [0.25, 0.3) is 0 Å². The predicted octanol–water partition coefficient (Wildman–Crippen LogP) is 9.74. The van der Waals surface area contributed by atoms with Gasteiger partial charge in [-0.25, -0.2) is 4.57 Å². The van der Waals surface area contributed by atoms with Crippen LogP contribution in [0.3, 0.4) is 0 Å². The molecule has 0 heterocycles. The summed E-state index contributed by atoms with van der Waals surface area (Å²) in [5.41, 5.74) is 0. The maximum atomic E-state index is 12.8. The fourth-order valence-electron chi connectivity index (χ4n) is 4.91. The van der Waals surface area contributed by atoms with Crippen LogP contribution in [-0.2, 0) is 18.4 Å². The van der Waals surface area contributed by atoms with Crippen molar-refractivity contribution in [1.82, 2.24) is 5.32 Å². The Bertz CT molecular complexity index is 928. The van der Waals surface area contributed by atoms with E-state index in [2.05, 4.69) is 55.6 Å². The number of phosphoric acid groups is 1. The first-order valence-corrected chi connectivity index (χ1v) is 20.5. The molecule has 1 amide bonds. The SMILES string of the molecule is CCCCC/C=C/C/C=C/CCCCCCCC(=O)N[C@@H](COP(=O)(O)OCC[N+](C)(C)C)[C@H](O)/C=C/CC/C=C/CCCCCCC. The Kier molecular flexibility index (Phi) is 30.4. The molecule has 0 aliphatic carbocycles. The minimum atomic E-state index is -4.34. The second kappa shape index (κ2) is 31.4. The molecule has 0 fully saturated rings. The number of hydrogen-bond acceptors (Lipinski definition) is 5. The number of likely N-dealkylation sites (N-methyl/N-ethyl adjacent to an activating group) is 1. The summed E-state index contributed by atoms with van der Waals surface area (Å²) in [5.74, 6) is -0.206. The van der Waals surface area contributed by atoms with Crippen LogP contribution in [0, 0.1) is 0 Å². The number of rotatable bonds is 33. The molecule has 0 rings (SSSR count). The first-order valence-electron chi connectivity index (χ1n) is 19.0. The molecule has 3 N–H and O–H groups in total. The molecule has 48 heavy (non-hydrogen) atoms. The van der Waals surface area contributed by atoms with Crippen LogP contribution in [0.4, 0.5) is 0 Å². The Labute approximate surface area is 295 Å². The van der Waals surface area contributed by atoms with Gasteiger partial charge in [0.2, 0.25) is 5.91 Å². The second-order valence-corrected chi connectivity index (χ2v) is 15.4. The number of quaternary nitrogens is 1. The van der Waals surface area contributed by atoms with Crippen LogP contribution in [-0.4, -0.2) is 73.4 Å². The van der Waals surface area contributed by atoms with Gasteiger partial charge in [0.1, 0.15) is 13.2 Å². The van der Waals surface area contributed by atoms with Crippen LogP contribution in [0.1, 0.15) is 142 Å². The summed E-state index contributed by atoms with van der Waals surface area (Å²) in [6.45, 7) is 4.69. The molecule has 0 aliphatic heterocycles. The molecule has 280 valence electrons. The van der Waals surface area contributed by atoms with Crippen LogP contribution >= 0.6 is 7.82 Å². The molecule has 0 aliphatic rings. The Hall–Kier alpha value is -1.54. The lowest BCUT2D eigenvalue weighted by molar-refractivity contribution is -0.870. The van der Waals surface area contributed by atoms with Crippen LogP contribution in [0.15, 0.2) is 48.6 Å². The van der Waals surface area contributed by atoms with Gasteiger partial charge in [0, 0.05) is 6.42 Å². The van der Waals surface area contributed by atoms with E-state index in [0.29, 0.717) is 17.4 Å². The zero-order valence-electron chi connectivity index (χ0n) is 31.5. The minimum absolute atomic E-state index is 0.0514. The molecule has 3 atom stereocenters. The van der Waals surface area contributed by atoms with E-state index in [1.807, 2.05) is 27.2 Å². The highest BCUT2D eigenvalue weighted by molar-refractivity contribution is 7.47. The van der Waals surface area contributed by atoms with Crippen molar-refractivity contribution >= 4 is 13.7 Å². The molecule has 0 aromatic heterocycles. The molecule has 0 radical (unpaired) electrons. The fraction of sp³-hybridized carbons (Fsp3) is 0.769. The third-order valence-corrected chi connectivity index (χ3v) is 9.01. The predicted molar refractivity (Wildman–Crippen MR) is 203 cm³/mol. The number of aliphatic hydroxyl groups is 1. The summed E-state index contributed by atoms with van der Waals surface area (Å²) in [7, 11) is 1.53. The van der Waals surface area contributed by atoms with Gasteiger partial charge in [-0.15, -0.1) is 0 Å². The van der Waals surface area contributed by atoms with E-state index in [1.165, 1.54) is 57.8 Å². The van der Waals surface area contributed by atoms with E-state index in [9.17, 15) is 19.4 Å². The molecule has 0 spiro atoms. The van der Waals surface area contributed by atoms with Crippen LogP contribution < -0.4 is 5.32 Å². The van der Waals surface area contributed by atoms with Crippen molar-refractivity contribution in [2.45, 2.75) is 154 Å². The van der Waals surface area contributed by atoms with Crippen LogP contribution in [0.25, 0.3) is 0 Å². The molecule has 1 unspecified atom stereocenters. The van der Waals surface area contributed by atoms with Gasteiger partial charge in [-0.05, 0) is 64.2 Å². The highest BCUT2D eigenvalue weighted by atomic mass is 31.2. The number of nitrogens with one attached hydrogen (secondary N) is 1. The van der Waals surface area contributed by atoms with Gasteiger partial charge in [-0.2, -0.15) is 0 Å².